The van der Waals surface area contributed by atoms with Crippen LogP contribution in [0.5, 0.6) is 0 Å². The van der Waals surface area contributed by atoms with E-state index in [1.807, 2.05) is 18.4 Å². The largest absolute Gasteiger partial charge is 0.356 e. The van der Waals surface area contributed by atoms with Crippen LogP contribution >= 0.6 is 46.7 Å². The molecule has 116 valence electrons. The number of halogens is 1. The van der Waals surface area contributed by atoms with Gasteiger partial charge in [-0.2, -0.15) is 11.3 Å². The highest BCUT2D eigenvalue weighted by Gasteiger charge is 2.07. The molecule has 1 atom stereocenters. The van der Waals surface area contributed by atoms with Crippen molar-refractivity contribution in [1.82, 2.24) is 10.6 Å². The van der Waals surface area contributed by atoms with E-state index in [4.69, 9.17) is 0 Å². The maximum absolute atomic E-state index is 4.26. The van der Waals surface area contributed by atoms with E-state index in [0.29, 0.717) is 5.92 Å². The number of nitrogens with one attached hydrogen (secondary N) is 2. The summed E-state index contributed by atoms with van der Waals surface area (Å²) in [4.78, 5) is 6.94. The molecule has 2 aromatic heterocycles. The van der Waals surface area contributed by atoms with Crippen LogP contribution in [-0.2, 0) is 6.54 Å². The van der Waals surface area contributed by atoms with Gasteiger partial charge in [0.15, 0.2) is 5.96 Å². The van der Waals surface area contributed by atoms with E-state index in [9.17, 15) is 0 Å². The smallest absolute Gasteiger partial charge is 0.191 e. The van der Waals surface area contributed by atoms with Crippen molar-refractivity contribution in [2.75, 3.05) is 13.6 Å². The Morgan fingerprint density at radius 3 is 2.67 bits per heavy atom. The predicted molar refractivity (Wildman–Crippen MR) is 105 cm³/mol. The summed E-state index contributed by atoms with van der Waals surface area (Å²) in [5, 5.41) is 11.1. The molecule has 0 saturated heterocycles. The molecule has 3 nitrogen and oxygen atoms in total. The molecular weight excluding hydrogens is 413 g/mol. The summed E-state index contributed by atoms with van der Waals surface area (Å²) in [7, 11) is 1.81. The van der Waals surface area contributed by atoms with Crippen LogP contribution in [0.15, 0.2) is 34.0 Å². The van der Waals surface area contributed by atoms with Gasteiger partial charge in [0.2, 0.25) is 0 Å². The highest BCUT2D eigenvalue weighted by molar-refractivity contribution is 14.0. The maximum atomic E-state index is 4.26. The number of thiophene rings is 2. The first-order chi connectivity index (χ1) is 9.69. The van der Waals surface area contributed by atoms with Crippen LogP contribution in [0.4, 0.5) is 0 Å². The number of hydrogen-bond donors (Lipinski definition) is 2. The van der Waals surface area contributed by atoms with E-state index in [-0.39, 0.29) is 24.0 Å². The van der Waals surface area contributed by atoms with Crippen molar-refractivity contribution in [3.63, 3.8) is 0 Å². The zero-order valence-electron chi connectivity index (χ0n) is 12.6. The molecule has 0 spiro atoms. The van der Waals surface area contributed by atoms with Crippen LogP contribution < -0.4 is 10.6 Å². The fourth-order valence-corrected chi connectivity index (χ4v) is 3.51. The maximum Gasteiger partial charge on any atom is 0.191 e. The lowest BCUT2D eigenvalue weighted by Gasteiger charge is -2.15. The van der Waals surface area contributed by atoms with E-state index >= 15 is 0 Å². The SMILES string of the molecule is CN=C(NCc1ccc(C)s1)NCC(C)c1ccsc1.I. The Bertz CT molecular complexity index is 549. The molecule has 1 unspecified atom stereocenters. The van der Waals surface area contributed by atoms with Crippen molar-refractivity contribution in [3.05, 3.63) is 44.3 Å². The monoisotopic (exact) mass is 435 g/mol. The molecule has 0 radical (unpaired) electrons. The van der Waals surface area contributed by atoms with Gasteiger partial charge in [0, 0.05) is 23.3 Å². The highest BCUT2D eigenvalue weighted by atomic mass is 127. The van der Waals surface area contributed by atoms with Crippen LogP contribution in [0.2, 0.25) is 0 Å². The van der Waals surface area contributed by atoms with Crippen LogP contribution in [0.25, 0.3) is 0 Å². The van der Waals surface area contributed by atoms with E-state index < -0.39 is 0 Å². The molecule has 2 aromatic rings. The summed E-state index contributed by atoms with van der Waals surface area (Å²) in [5.41, 5.74) is 1.38. The first-order valence-corrected chi connectivity index (χ1v) is 8.47. The molecule has 0 amide bonds. The average Bonchev–Trinajstić information content (AvgIpc) is 3.10. The molecule has 0 bridgehead atoms. The summed E-state index contributed by atoms with van der Waals surface area (Å²) in [6, 6.07) is 6.49. The first kappa shape index (κ1) is 18.4. The normalized spacial score (nSPS) is 12.6. The van der Waals surface area contributed by atoms with E-state index in [1.54, 1.807) is 11.3 Å². The fraction of sp³-hybridized carbons (Fsp3) is 0.400. The van der Waals surface area contributed by atoms with Gasteiger partial charge in [-0.15, -0.1) is 35.3 Å². The second-order valence-electron chi connectivity index (χ2n) is 4.78. The molecular formula is C15H22IN3S2. The number of hydrogen-bond acceptors (Lipinski definition) is 3. The van der Waals surface area contributed by atoms with Gasteiger partial charge < -0.3 is 10.6 Å². The van der Waals surface area contributed by atoms with Crippen molar-refractivity contribution in [3.8, 4) is 0 Å². The zero-order valence-corrected chi connectivity index (χ0v) is 16.5. The van der Waals surface area contributed by atoms with Gasteiger partial charge in [-0.1, -0.05) is 6.92 Å². The summed E-state index contributed by atoms with van der Waals surface area (Å²) >= 11 is 3.56. The quantitative estimate of drug-likeness (QED) is 0.420. The minimum Gasteiger partial charge on any atom is -0.356 e. The van der Waals surface area contributed by atoms with Crippen molar-refractivity contribution in [2.24, 2.45) is 4.99 Å². The average molecular weight is 435 g/mol. The Morgan fingerprint density at radius 2 is 2.10 bits per heavy atom. The molecule has 2 rings (SSSR count). The lowest BCUT2D eigenvalue weighted by molar-refractivity contribution is 0.702. The third kappa shape index (κ3) is 5.96. The first-order valence-electron chi connectivity index (χ1n) is 6.71. The lowest BCUT2D eigenvalue weighted by atomic mass is 10.1. The van der Waals surface area contributed by atoms with E-state index in [2.05, 4.69) is 58.4 Å². The Morgan fingerprint density at radius 1 is 1.29 bits per heavy atom. The van der Waals surface area contributed by atoms with Crippen LogP contribution in [0.3, 0.4) is 0 Å². The topological polar surface area (TPSA) is 36.4 Å². The van der Waals surface area contributed by atoms with Gasteiger partial charge in [-0.3, -0.25) is 4.99 Å². The number of nitrogens with zero attached hydrogens (tertiary/aromatic N) is 1. The third-order valence-corrected chi connectivity index (χ3v) is 4.84. The van der Waals surface area contributed by atoms with Crippen LogP contribution in [0.1, 0.15) is 28.2 Å². The lowest BCUT2D eigenvalue weighted by Crippen LogP contribution is -2.38. The molecule has 0 aromatic carbocycles. The van der Waals surface area contributed by atoms with Gasteiger partial charge >= 0.3 is 0 Å². The molecule has 0 aliphatic rings. The van der Waals surface area contributed by atoms with Gasteiger partial charge in [0.05, 0.1) is 6.54 Å². The van der Waals surface area contributed by atoms with Gasteiger partial charge in [0.1, 0.15) is 0 Å². The second kappa shape index (κ2) is 9.42. The summed E-state index contributed by atoms with van der Waals surface area (Å²) in [5.74, 6) is 1.35. The highest BCUT2D eigenvalue weighted by Crippen LogP contribution is 2.17. The molecule has 2 heterocycles. The van der Waals surface area contributed by atoms with Gasteiger partial charge in [-0.25, -0.2) is 0 Å². The molecule has 0 aliphatic heterocycles. The summed E-state index contributed by atoms with van der Waals surface area (Å²) in [6.07, 6.45) is 0. The van der Waals surface area contributed by atoms with Crippen molar-refractivity contribution in [2.45, 2.75) is 26.3 Å². The zero-order chi connectivity index (χ0) is 14.4. The predicted octanol–water partition coefficient (Wildman–Crippen LogP) is 4.20. The number of aryl methyl sites for hydroxylation is 1. The second-order valence-corrected chi connectivity index (χ2v) is 6.93. The number of guanidine groups is 1. The van der Waals surface area contributed by atoms with Crippen LogP contribution in [0, 0.1) is 6.92 Å². The third-order valence-electron chi connectivity index (χ3n) is 3.14. The molecule has 6 heteroatoms. The Hall–Kier alpha value is -0.600. The summed E-state index contributed by atoms with van der Waals surface area (Å²) < 4.78 is 0. The van der Waals surface area contributed by atoms with Gasteiger partial charge in [-0.05, 0) is 47.4 Å². The Balaban J connectivity index is 0.00000220. The molecule has 21 heavy (non-hydrogen) atoms. The van der Waals surface area contributed by atoms with Crippen molar-refractivity contribution in [1.29, 1.82) is 0 Å². The number of aliphatic imine (C=N–C) groups is 1. The van der Waals surface area contributed by atoms with Crippen molar-refractivity contribution < 1.29 is 0 Å². The van der Waals surface area contributed by atoms with Crippen molar-refractivity contribution >= 4 is 52.6 Å². The minimum absolute atomic E-state index is 0. The van der Waals surface area contributed by atoms with Crippen LogP contribution in [-0.4, -0.2) is 19.6 Å². The minimum atomic E-state index is 0. The van der Waals surface area contributed by atoms with E-state index in [0.717, 1.165) is 19.0 Å². The Labute approximate surface area is 151 Å². The fourth-order valence-electron chi connectivity index (χ4n) is 1.89. The Kier molecular flexibility index (Phi) is 8.28. The number of rotatable bonds is 5. The van der Waals surface area contributed by atoms with E-state index in [1.165, 1.54) is 15.3 Å². The molecule has 0 saturated carbocycles. The molecule has 0 aliphatic carbocycles. The summed E-state index contributed by atoms with van der Waals surface area (Å²) in [6.45, 7) is 6.07. The molecule has 0 fully saturated rings. The van der Waals surface area contributed by atoms with Gasteiger partial charge in [0.25, 0.3) is 0 Å². The molecule has 2 N–H and O–H groups in total. The standard InChI is InChI=1S/C15H21N3S2.HI/c1-11(13-6-7-19-10-13)8-17-15(16-3)18-9-14-5-4-12(2)20-14;/h4-7,10-11H,8-9H2,1-3H3,(H2,16,17,18);1H.